The smallest absolute Gasteiger partial charge is 0.342 e. The van der Waals surface area contributed by atoms with E-state index in [1.165, 1.54) is 6.20 Å². The van der Waals surface area contributed by atoms with Crippen LogP contribution in [0.2, 0.25) is 5.15 Å². The topological polar surface area (TPSA) is 90.4 Å². The summed E-state index contributed by atoms with van der Waals surface area (Å²) in [4.78, 5) is 32.1. The number of anilines is 1. The molecule has 8 heteroatoms. The first-order chi connectivity index (χ1) is 12.5. The largest absolute Gasteiger partial charge is 0.464 e. The average molecular weight is 378 g/mol. The molecule has 1 heterocycles. The highest BCUT2D eigenvalue weighted by molar-refractivity contribution is 6.32. The molecule has 1 atom stereocenters. The monoisotopic (exact) mass is 377 g/mol. The maximum absolute atomic E-state index is 12.2. The van der Waals surface area contributed by atoms with E-state index in [4.69, 9.17) is 21.1 Å². The molecule has 2 aromatic rings. The van der Waals surface area contributed by atoms with Gasteiger partial charge >= 0.3 is 11.9 Å². The van der Waals surface area contributed by atoms with Crippen molar-refractivity contribution in [3.05, 3.63) is 52.8 Å². The number of carbonyl (C=O) groups excluding carboxylic acids is 2. The molecule has 0 fully saturated rings. The minimum absolute atomic E-state index is 0.0525. The van der Waals surface area contributed by atoms with Crippen LogP contribution in [0.1, 0.15) is 29.8 Å². The first kappa shape index (κ1) is 19.7. The van der Waals surface area contributed by atoms with Gasteiger partial charge in [-0.2, -0.15) is 0 Å². The number of nitrogens with zero attached hydrogens (tertiary/aromatic N) is 2. The fraction of sp³-hybridized carbons (Fsp3) is 0.333. The lowest BCUT2D eigenvalue weighted by atomic mass is 10.1. The van der Waals surface area contributed by atoms with Crippen LogP contribution in [0.3, 0.4) is 0 Å². The zero-order valence-electron chi connectivity index (χ0n) is 14.6. The van der Waals surface area contributed by atoms with E-state index in [1.54, 1.807) is 13.8 Å². The summed E-state index contributed by atoms with van der Waals surface area (Å²) in [6, 6.07) is 8.80. The second-order valence-corrected chi connectivity index (χ2v) is 5.62. The van der Waals surface area contributed by atoms with E-state index in [0.717, 1.165) is 5.56 Å². The Bertz CT molecular complexity index is 755. The fourth-order valence-corrected chi connectivity index (χ4v) is 2.42. The number of hydrogen-bond acceptors (Lipinski definition) is 7. The molecular formula is C18H20ClN3O4. The lowest BCUT2D eigenvalue weighted by molar-refractivity contribution is -0.144. The SMILES string of the molecule is CCOC(=O)c1cnc(NC(Cc2ccccc2)C(=O)OCC)nc1Cl. The molecule has 0 saturated heterocycles. The quantitative estimate of drug-likeness (QED) is 0.558. The molecule has 0 amide bonds. The number of nitrogens with one attached hydrogen (secondary N) is 1. The molecule has 26 heavy (non-hydrogen) atoms. The van der Waals surface area contributed by atoms with E-state index in [0.29, 0.717) is 6.42 Å². The number of halogens is 1. The summed E-state index contributed by atoms with van der Waals surface area (Å²) in [7, 11) is 0. The predicted octanol–water partition coefficient (Wildman–Crippen LogP) is 2.89. The first-order valence-electron chi connectivity index (χ1n) is 8.21. The van der Waals surface area contributed by atoms with E-state index in [1.807, 2.05) is 30.3 Å². The molecule has 1 aromatic carbocycles. The van der Waals surface area contributed by atoms with Gasteiger partial charge in [0.2, 0.25) is 5.95 Å². The van der Waals surface area contributed by atoms with Crippen LogP contribution in [-0.4, -0.2) is 41.2 Å². The number of ether oxygens (including phenoxy) is 2. The lowest BCUT2D eigenvalue weighted by Crippen LogP contribution is -2.34. The van der Waals surface area contributed by atoms with Crippen LogP contribution < -0.4 is 5.32 Å². The Hall–Kier alpha value is -2.67. The molecule has 0 radical (unpaired) electrons. The molecule has 0 spiro atoms. The number of hydrogen-bond donors (Lipinski definition) is 1. The Morgan fingerprint density at radius 2 is 1.85 bits per heavy atom. The Morgan fingerprint density at radius 3 is 2.46 bits per heavy atom. The molecule has 0 bridgehead atoms. The molecule has 0 aliphatic carbocycles. The van der Waals surface area contributed by atoms with E-state index in [9.17, 15) is 9.59 Å². The predicted molar refractivity (Wildman–Crippen MR) is 97.2 cm³/mol. The average Bonchev–Trinajstić information content (AvgIpc) is 2.62. The van der Waals surface area contributed by atoms with E-state index in [-0.39, 0.29) is 29.9 Å². The third-order valence-electron chi connectivity index (χ3n) is 3.39. The molecule has 0 aliphatic heterocycles. The number of rotatable bonds is 8. The van der Waals surface area contributed by atoms with Gasteiger partial charge in [-0.1, -0.05) is 41.9 Å². The van der Waals surface area contributed by atoms with Crippen LogP contribution in [0.4, 0.5) is 5.95 Å². The molecule has 0 saturated carbocycles. The van der Waals surface area contributed by atoms with Gasteiger partial charge in [0.15, 0.2) is 0 Å². The summed E-state index contributed by atoms with van der Waals surface area (Å²) >= 11 is 6.04. The van der Waals surface area contributed by atoms with Crippen LogP contribution in [0, 0.1) is 0 Å². The van der Waals surface area contributed by atoms with E-state index >= 15 is 0 Å². The van der Waals surface area contributed by atoms with Gasteiger partial charge in [-0.3, -0.25) is 0 Å². The van der Waals surface area contributed by atoms with Crippen molar-refractivity contribution in [3.8, 4) is 0 Å². The summed E-state index contributed by atoms with van der Waals surface area (Å²) in [6.45, 7) is 3.90. The maximum atomic E-state index is 12.2. The summed E-state index contributed by atoms with van der Waals surface area (Å²) in [5.41, 5.74) is 1.02. The minimum atomic E-state index is -0.693. The number of benzene rings is 1. The van der Waals surface area contributed by atoms with Gasteiger partial charge in [-0.15, -0.1) is 0 Å². The molecule has 0 aliphatic rings. The fourth-order valence-electron chi connectivity index (χ4n) is 2.22. The molecule has 138 valence electrons. The third kappa shape index (κ3) is 5.42. The van der Waals surface area contributed by atoms with Crippen molar-refractivity contribution in [2.45, 2.75) is 26.3 Å². The Labute approximate surface area is 156 Å². The molecule has 1 unspecified atom stereocenters. The maximum Gasteiger partial charge on any atom is 0.342 e. The Morgan fingerprint density at radius 1 is 1.15 bits per heavy atom. The minimum Gasteiger partial charge on any atom is -0.464 e. The van der Waals surface area contributed by atoms with Crippen molar-refractivity contribution in [2.24, 2.45) is 0 Å². The van der Waals surface area contributed by atoms with Gasteiger partial charge in [0, 0.05) is 12.6 Å². The van der Waals surface area contributed by atoms with Crippen molar-refractivity contribution in [3.63, 3.8) is 0 Å². The first-order valence-corrected chi connectivity index (χ1v) is 8.59. The van der Waals surface area contributed by atoms with Gasteiger partial charge in [-0.25, -0.2) is 19.6 Å². The normalized spacial score (nSPS) is 11.5. The van der Waals surface area contributed by atoms with Crippen molar-refractivity contribution < 1.29 is 19.1 Å². The van der Waals surface area contributed by atoms with Crippen molar-refractivity contribution in [1.82, 2.24) is 9.97 Å². The van der Waals surface area contributed by atoms with Crippen LogP contribution in [0.25, 0.3) is 0 Å². The van der Waals surface area contributed by atoms with Gasteiger partial charge in [0.25, 0.3) is 0 Å². The number of carbonyl (C=O) groups is 2. The van der Waals surface area contributed by atoms with Crippen LogP contribution >= 0.6 is 11.6 Å². The van der Waals surface area contributed by atoms with Gasteiger partial charge in [0.1, 0.15) is 16.8 Å². The van der Waals surface area contributed by atoms with Gasteiger partial charge < -0.3 is 14.8 Å². The lowest BCUT2D eigenvalue weighted by Gasteiger charge is -2.17. The zero-order chi connectivity index (χ0) is 18.9. The standard InChI is InChI=1S/C18H20ClN3O4/c1-3-25-16(23)13-11-20-18(22-15(13)19)21-14(17(24)26-4-2)10-12-8-6-5-7-9-12/h5-9,11,14H,3-4,10H2,1-2H3,(H,20,21,22). The van der Waals surface area contributed by atoms with Crippen molar-refractivity contribution >= 4 is 29.5 Å². The van der Waals surface area contributed by atoms with Crippen molar-refractivity contribution in [2.75, 3.05) is 18.5 Å². The highest BCUT2D eigenvalue weighted by atomic mass is 35.5. The summed E-state index contributed by atoms with van der Waals surface area (Å²) < 4.78 is 9.99. The van der Waals surface area contributed by atoms with Gasteiger partial charge in [-0.05, 0) is 19.4 Å². The second kappa shape index (κ2) is 9.72. The summed E-state index contributed by atoms with van der Waals surface area (Å²) in [5.74, 6) is -0.905. The second-order valence-electron chi connectivity index (χ2n) is 5.26. The highest BCUT2D eigenvalue weighted by Gasteiger charge is 2.22. The highest BCUT2D eigenvalue weighted by Crippen LogP contribution is 2.17. The zero-order valence-corrected chi connectivity index (χ0v) is 15.3. The van der Waals surface area contributed by atoms with Crippen LogP contribution in [0.5, 0.6) is 0 Å². The summed E-state index contributed by atoms with van der Waals surface area (Å²) in [6.07, 6.45) is 1.65. The molecule has 2 rings (SSSR count). The van der Waals surface area contributed by atoms with Crippen molar-refractivity contribution in [1.29, 1.82) is 0 Å². The molecule has 7 nitrogen and oxygen atoms in total. The van der Waals surface area contributed by atoms with E-state index < -0.39 is 18.0 Å². The molecule has 1 aromatic heterocycles. The van der Waals surface area contributed by atoms with Crippen LogP contribution in [0.15, 0.2) is 36.5 Å². The van der Waals surface area contributed by atoms with E-state index in [2.05, 4.69) is 15.3 Å². The Kier molecular flexibility index (Phi) is 7.35. The third-order valence-corrected chi connectivity index (χ3v) is 3.68. The molecule has 1 N–H and O–H groups in total. The molecular weight excluding hydrogens is 358 g/mol. The Balaban J connectivity index is 2.18. The van der Waals surface area contributed by atoms with Crippen LogP contribution in [-0.2, 0) is 20.7 Å². The number of esters is 2. The summed E-state index contributed by atoms with van der Waals surface area (Å²) in [5, 5.41) is 2.87. The van der Waals surface area contributed by atoms with Gasteiger partial charge in [0.05, 0.1) is 13.2 Å². The number of aromatic nitrogens is 2.